The molecular formula is C15H20N2S. The Hall–Kier alpha value is -1.61. The standard InChI is InChI=1S/C9H13NS.C6H7N/c1-7(2)11-9-6-4-3-5-8(9)10;7-6-4-2-1-3-5-6/h3-7H,10H2,1-2H3;1-5H,7H2. The van der Waals surface area contributed by atoms with Crippen molar-refractivity contribution in [2.24, 2.45) is 0 Å². The minimum absolute atomic E-state index is 0.597. The van der Waals surface area contributed by atoms with E-state index >= 15 is 0 Å². The zero-order valence-corrected chi connectivity index (χ0v) is 11.7. The van der Waals surface area contributed by atoms with Gasteiger partial charge in [-0.25, -0.2) is 0 Å². The fourth-order valence-corrected chi connectivity index (χ4v) is 2.16. The molecule has 2 rings (SSSR count). The van der Waals surface area contributed by atoms with Gasteiger partial charge in [0.15, 0.2) is 0 Å². The van der Waals surface area contributed by atoms with Crippen molar-refractivity contribution in [3.63, 3.8) is 0 Å². The summed E-state index contributed by atoms with van der Waals surface area (Å²) in [6.45, 7) is 4.33. The van der Waals surface area contributed by atoms with Crippen molar-refractivity contribution in [1.29, 1.82) is 0 Å². The highest BCUT2D eigenvalue weighted by atomic mass is 32.2. The fraction of sp³-hybridized carbons (Fsp3) is 0.200. The molecule has 0 aliphatic rings. The lowest BCUT2D eigenvalue weighted by molar-refractivity contribution is 1.11. The molecule has 0 spiro atoms. The van der Waals surface area contributed by atoms with Crippen LogP contribution in [0.4, 0.5) is 11.4 Å². The molecule has 0 radical (unpaired) electrons. The van der Waals surface area contributed by atoms with Crippen LogP contribution in [0.15, 0.2) is 59.5 Å². The van der Waals surface area contributed by atoms with Crippen LogP contribution in [0.1, 0.15) is 13.8 Å². The van der Waals surface area contributed by atoms with Gasteiger partial charge in [-0.2, -0.15) is 0 Å². The SMILES string of the molecule is CC(C)Sc1ccccc1N.Nc1ccccc1. The Morgan fingerprint density at radius 3 is 1.83 bits per heavy atom. The van der Waals surface area contributed by atoms with Crippen LogP contribution < -0.4 is 11.5 Å². The van der Waals surface area contributed by atoms with Crippen LogP contribution >= 0.6 is 11.8 Å². The first-order valence-electron chi connectivity index (χ1n) is 5.91. The van der Waals surface area contributed by atoms with Crippen LogP contribution in [0.2, 0.25) is 0 Å². The average Bonchev–Trinajstić information content (AvgIpc) is 2.33. The van der Waals surface area contributed by atoms with Gasteiger partial charge in [0.25, 0.3) is 0 Å². The van der Waals surface area contributed by atoms with Crippen molar-refractivity contribution in [1.82, 2.24) is 0 Å². The maximum atomic E-state index is 5.75. The molecule has 2 aromatic carbocycles. The third kappa shape index (κ3) is 5.64. The molecule has 3 heteroatoms. The quantitative estimate of drug-likeness (QED) is 0.633. The minimum Gasteiger partial charge on any atom is -0.399 e. The third-order valence-corrected chi connectivity index (χ3v) is 3.18. The summed E-state index contributed by atoms with van der Waals surface area (Å²) in [5.74, 6) is 0. The highest BCUT2D eigenvalue weighted by Crippen LogP contribution is 2.27. The zero-order chi connectivity index (χ0) is 13.4. The van der Waals surface area contributed by atoms with Crippen molar-refractivity contribution in [3.05, 3.63) is 54.6 Å². The molecule has 0 saturated heterocycles. The molecule has 0 bridgehead atoms. The van der Waals surface area contributed by atoms with Crippen molar-refractivity contribution < 1.29 is 0 Å². The number of anilines is 2. The van der Waals surface area contributed by atoms with Crippen LogP contribution in [-0.2, 0) is 0 Å². The van der Waals surface area contributed by atoms with Gasteiger partial charge in [0, 0.05) is 21.5 Å². The molecule has 4 N–H and O–H groups in total. The summed E-state index contributed by atoms with van der Waals surface area (Å²) >= 11 is 1.80. The fourth-order valence-electron chi connectivity index (χ4n) is 1.29. The second-order valence-corrected chi connectivity index (χ2v) is 5.73. The van der Waals surface area contributed by atoms with Gasteiger partial charge in [-0.3, -0.25) is 0 Å². The van der Waals surface area contributed by atoms with Gasteiger partial charge < -0.3 is 11.5 Å². The Labute approximate surface area is 113 Å². The summed E-state index contributed by atoms with van der Waals surface area (Å²) in [6, 6.07) is 17.5. The lowest BCUT2D eigenvalue weighted by Crippen LogP contribution is -1.91. The number of hydrogen-bond donors (Lipinski definition) is 2. The van der Waals surface area contributed by atoms with Gasteiger partial charge in [0.05, 0.1) is 0 Å². The van der Waals surface area contributed by atoms with E-state index in [4.69, 9.17) is 11.5 Å². The Morgan fingerprint density at radius 2 is 1.39 bits per heavy atom. The summed E-state index contributed by atoms with van der Waals surface area (Å²) < 4.78 is 0. The topological polar surface area (TPSA) is 52.0 Å². The highest BCUT2D eigenvalue weighted by molar-refractivity contribution is 8.00. The number of hydrogen-bond acceptors (Lipinski definition) is 3. The monoisotopic (exact) mass is 260 g/mol. The Kier molecular flexibility index (Phi) is 6.15. The third-order valence-electron chi connectivity index (χ3n) is 2.08. The minimum atomic E-state index is 0.597. The van der Waals surface area contributed by atoms with Gasteiger partial charge in [-0.1, -0.05) is 44.2 Å². The van der Waals surface area contributed by atoms with Crippen LogP contribution in [0.25, 0.3) is 0 Å². The van der Waals surface area contributed by atoms with Crippen molar-refractivity contribution in [3.8, 4) is 0 Å². The second-order valence-electron chi connectivity index (χ2n) is 4.12. The second kappa shape index (κ2) is 7.67. The summed E-state index contributed by atoms with van der Waals surface area (Å²) in [7, 11) is 0. The van der Waals surface area contributed by atoms with E-state index in [1.165, 1.54) is 4.90 Å². The zero-order valence-electron chi connectivity index (χ0n) is 10.8. The van der Waals surface area contributed by atoms with Crippen molar-refractivity contribution >= 4 is 23.1 Å². The molecule has 96 valence electrons. The van der Waals surface area contributed by atoms with Crippen LogP contribution in [0, 0.1) is 0 Å². The Morgan fingerprint density at radius 1 is 0.833 bits per heavy atom. The Balaban J connectivity index is 0.000000199. The molecule has 0 heterocycles. The van der Waals surface area contributed by atoms with Gasteiger partial charge in [-0.05, 0) is 24.3 Å². The Bertz CT molecular complexity index is 455. The van der Waals surface area contributed by atoms with Crippen LogP contribution in [0.3, 0.4) is 0 Å². The van der Waals surface area contributed by atoms with Crippen molar-refractivity contribution in [2.45, 2.75) is 24.0 Å². The smallest absolute Gasteiger partial charge is 0.0452 e. The number of para-hydroxylation sites is 2. The van der Waals surface area contributed by atoms with Crippen LogP contribution in [-0.4, -0.2) is 5.25 Å². The van der Waals surface area contributed by atoms with E-state index in [1.54, 1.807) is 11.8 Å². The molecular weight excluding hydrogens is 240 g/mol. The molecule has 0 fully saturated rings. The summed E-state index contributed by atoms with van der Waals surface area (Å²) in [5, 5.41) is 0.597. The summed E-state index contributed by atoms with van der Waals surface area (Å²) in [6.07, 6.45) is 0. The number of thioether (sulfide) groups is 1. The molecule has 0 atom stereocenters. The molecule has 0 aliphatic heterocycles. The maximum absolute atomic E-state index is 5.75. The molecule has 0 aliphatic carbocycles. The highest BCUT2D eigenvalue weighted by Gasteiger charge is 2.00. The summed E-state index contributed by atoms with van der Waals surface area (Å²) in [4.78, 5) is 1.18. The molecule has 0 unspecified atom stereocenters. The van der Waals surface area contributed by atoms with E-state index < -0.39 is 0 Å². The first kappa shape index (κ1) is 14.5. The van der Waals surface area contributed by atoms with Gasteiger partial charge in [-0.15, -0.1) is 11.8 Å². The lowest BCUT2D eigenvalue weighted by Gasteiger charge is -2.06. The average molecular weight is 260 g/mol. The number of nitrogen functional groups attached to an aromatic ring is 2. The first-order valence-corrected chi connectivity index (χ1v) is 6.79. The lowest BCUT2D eigenvalue weighted by atomic mass is 10.3. The summed E-state index contributed by atoms with van der Waals surface area (Å²) in [5.41, 5.74) is 12.8. The number of nitrogens with two attached hydrogens (primary N) is 2. The molecule has 0 aromatic heterocycles. The van der Waals surface area contributed by atoms with E-state index in [0.29, 0.717) is 5.25 Å². The van der Waals surface area contributed by atoms with E-state index in [9.17, 15) is 0 Å². The predicted molar refractivity (Wildman–Crippen MR) is 82.7 cm³/mol. The molecule has 2 nitrogen and oxygen atoms in total. The molecule has 2 aromatic rings. The normalized spacial score (nSPS) is 9.72. The van der Waals surface area contributed by atoms with Gasteiger partial charge in [0.2, 0.25) is 0 Å². The molecule has 0 saturated carbocycles. The van der Waals surface area contributed by atoms with E-state index in [2.05, 4.69) is 19.9 Å². The number of rotatable bonds is 2. The van der Waals surface area contributed by atoms with E-state index in [1.807, 2.05) is 48.5 Å². The molecule has 18 heavy (non-hydrogen) atoms. The predicted octanol–water partition coefficient (Wildman–Crippen LogP) is 4.04. The largest absolute Gasteiger partial charge is 0.399 e. The molecule has 0 amide bonds. The van der Waals surface area contributed by atoms with E-state index in [-0.39, 0.29) is 0 Å². The van der Waals surface area contributed by atoms with Gasteiger partial charge >= 0.3 is 0 Å². The first-order chi connectivity index (χ1) is 8.59. The maximum Gasteiger partial charge on any atom is 0.0452 e. The van der Waals surface area contributed by atoms with E-state index in [0.717, 1.165) is 11.4 Å². The number of benzene rings is 2. The van der Waals surface area contributed by atoms with Crippen molar-refractivity contribution in [2.75, 3.05) is 11.5 Å². The van der Waals surface area contributed by atoms with Crippen LogP contribution in [0.5, 0.6) is 0 Å². The van der Waals surface area contributed by atoms with Gasteiger partial charge in [0.1, 0.15) is 0 Å².